The zero-order chi connectivity index (χ0) is 20.3. The number of nitrogens with one attached hydrogen (secondary N) is 1. The Morgan fingerprint density at radius 1 is 1.07 bits per heavy atom. The first kappa shape index (κ1) is 19.9. The molecule has 6 nitrogen and oxygen atoms in total. The molecule has 3 aromatic rings. The number of methoxy groups -OCH3 is 1. The molecule has 0 atom stereocenters. The van der Waals surface area contributed by atoms with Gasteiger partial charge in [0.15, 0.2) is 9.84 Å². The van der Waals surface area contributed by atoms with Crippen molar-refractivity contribution >= 4 is 33.0 Å². The molecular weight excluding hydrogens is 400 g/mol. The van der Waals surface area contributed by atoms with Gasteiger partial charge in [0, 0.05) is 28.5 Å². The molecule has 144 valence electrons. The summed E-state index contributed by atoms with van der Waals surface area (Å²) >= 11 is 6.28. The Morgan fingerprint density at radius 2 is 1.79 bits per heavy atom. The van der Waals surface area contributed by atoms with Crippen LogP contribution in [0.5, 0.6) is 5.88 Å². The lowest BCUT2D eigenvalue weighted by atomic mass is 10.0. The minimum absolute atomic E-state index is 0.216. The van der Waals surface area contributed by atoms with Gasteiger partial charge in [-0.1, -0.05) is 23.7 Å². The topological polar surface area (TPSA) is 85.4 Å². The van der Waals surface area contributed by atoms with E-state index in [1.807, 2.05) is 0 Å². The fourth-order valence-electron chi connectivity index (χ4n) is 2.55. The third-order valence-electron chi connectivity index (χ3n) is 4.03. The molecule has 0 unspecified atom stereocenters. The van der Waals surface area contributed by atoms with E-state index in [1.54, 1.807) is 42.5 Å². The largest absolute Gasteiger partial charge is 0.481 e. The number of ether oxygens (including phenoxy) is 1. The average Bonchev–Trinajstić information content (AvgIpc) is 2.68. The minimum atomic E-state index is -3.29. The summed E-state index contributed by atoms with van der Waals surface area (Å²) < 4.78 is 28.2. The standard InChI is InChI=1S/C20H17ClN2O4S/c1-27-19-10-6-15(12-22-19)23-20(24)14-5-9-18(21)17(11-14)13-3-7-16(8-4-13)28(2,25)26/h3-12H,1-2H3,(H,23,24). The summed E-state index contributed by atoms with van der Waals surface area (Å²) in [6.07, 6.45) is 2.64. The molecule has 0 aliphatic carbocycles. The van der Waals surface area contributed by atoms with Crippen molar-refractivity contribution < 1.29 is 17.9 Å². The Kier molecular flexibility index (Phi) is 5.67. The van der Waals surface area contributed by atoms with Gasteiger partial charge in [0.2, 0.25) is 5.88 Å². The van der Waals surface area contributed by atoms with E-state index in [2.05, 4.69) is 10.3 Å². The van der Waals surface area contributed by atoms with Crippen LogP contribution in [0.25, 0.3) is 11.1 Å². The van der Waals surface area contributed by atoms with Crippen LogP contribution >= 0.6 is 11.6 Å². The fraction of sp³-hybridized carbons (Fsp3) is 0.100. The zero-order valence-electron chi connectivity index (χ0n) is 15.1. The molecule has 8 heteroatoms. The van der Waals surface area contributed by atoms with Crippen LogP contribution in [0.2, 0.25) is 5.02 Å². The van der Waals surface area contributed by atoms with Gasteiger partial charge in [0.05, 0.1) is 23.9 Å². The second-order valence-corrected chi connectivity index (χ2v) is 8.46. The number of aromatic nitrogens is 1. The van der Waals surface area contributed by atoms with Crippen LogP contribution in [0, 0.1) is 0 Å². The van der Waals surface area contributed by atoms with Crippen molar-refractivity contribution in [2.45, 2.75) is 4.90 Å². The van der Waals surface area contributed by atoms with Crippen LogP contribution < -0.4 is 10.1 Å². The molecule has 0 saturated carbocycles. The number of hydrogen-bond acceptors (Lipinski definition) is 5. The molecule has 1 aromatic heterocycles. The average molecular weight is 417 g/mol. The number of carbonyl (C=O) groups excluding carboxylic acids is 1. The molecule has 0 saturated heterocycles. The molecule has 0 radical (unpaired) electrons. The third kappa shape index (κ3) is 4.49. The maximum atomic E-state index is 12.6. The molecule has 28 heavy (non-hydrogen) atoms. The lowest BCUT2D eigenvalue weighted by Crippen LogP contribution is -2.12. The Hall–Kier alpha value is -2.90. The molecular formula is C20H17ClN2O4S. The zero-order valence-corrected chi connectivity index (χ0v) is 16.7. The monoisotopic (exact) mass is 416 g/mol. The number of pyridine rings is 1. The predicted molar refractivity (Wildman–Crippen MR) is 109 cm³/mol. The maximum absolute atomic E-state index is 12.6. The maximum Gasteiger partial charge on any atom is 0.255 e. The van der Waals surface area contributed by atoms with Gasteiger partial charge in [-0.2, -0.15) is 0 Å². The van der Waals surface area contributed by atoms with E-state index in [0.717, 1.165) is 6.26 Å². The van der Waals surface area contributed by atoms with E-state index in [9.17, 15) is 13.2 Å². The predicted octanol–water partition coefficient (Wildman–Crippen LogP) is 4.07. The highest BCUT2D eigenvalue weighted by molar-refractivity contribution is 7.90. The van der Waals surface area contributed by atoms with Gasteiger partial charge in [-0.05, 0) is 42.0 Å². The van der Waals surface area contributed by atoms with Crippen LogP contribution in [0.3, 0.4) is 0 Å². The van der Waals surface area contributed by atoms with Crippen molar-refractivity contribution in [3.8, 4) is 17.0 Å². The Labute approximate surface area is 168 Å². The number of anilines is 1. The van der Waals surface area contributed by atoms with Crippen molar-refractivity contribution in [3.63, 3.8) is 0 Å². The van der Waals surface area contributed by atoms with Gasteiger partial charge >= 0.3 is 0 Å². The number of rotatable bonds is 5. The fourth-order valence-corrected chi connectivity index (χ4v) is 3.40. The molecule has 3 rings (SSSR count). The van der Waals surface area contributed by atoms with E-state index in [-0.39, 0.29) is 10.8 Å². The van der Waals surface area contributed by atoms with Gasteiger partial charge < -0.3 is 10.1 Å². The first-order chi connectivity index (χ1) is 13.3. The van der Waals surface area contributed by atoms with Gasteiger partial charge in [0.1, 0.15) is 0 Å². The molecule has 0 aliphatic rings. The van der Waals surface area contributed by atoms with Crippen LogP contribution in [-0.4, -0.2) is 32.7 Å². The molecule has 0 spiro atoms. The molecule has 0 aliphatic heterocycles. The highest BCUT2D eigenvalue weighted by Crippen LogP contribution is 2.30. The Balaban J connectivity index is 1.87. The lowest BCUT2D eigenvalue weighted by Gasteiger charge is -2.10. The number of carbonyl (C=O) groups is 1. The highest BCUT2D eigenvalue weighted by Gasteiger charge is 2.12. The van der Waals surface area contributed by atoms with E-state index >= 15 is 0 Å². The molecule has 1 heterocycles. The summed E-state index contributed by atoms with van der Waals surface area (Å²) in [4.78, 5) is 16.8. The van der Waals surface area contributed by atoms with Gasteiger partial charge in [-0.3, -0.25) is 4.79 Å². The summed E-state index contributed by atoms with van der Waals surface area (Å²) in [5, 5.41) is 3.21. The number of nitrogens with zero attached hydrogens (tertiary/aromatic N) is 1. The second-order valence-electron chi connectivity index (χ2n) is 6.03. The summed E-state index contributed by atoms with van der Waals surface area (Å²) in [5.74, 6) is 0.127. The summed E-state index contributed by atoms with van der Waals surface area (Å²) in [6, 6.07) is 14.6. The molecule has 2 aromatic carbocycles. The second kappa shape index (κ2) is 8.00. The van der Waals surface area contributed by atoms with E-state index < -0.39 is 9.84 Å². The lowest BCUT2D eigenvalue weighted by molar-refractivity contribution is 0.102. The Morgan fingerprint density at radius 3 is 2.36 bits per heavy atom. The van der Waals surface area contributed by atoms with E-state index in [1.165, 1.54) is 25.4 Å². The number of halogens is 1. The third-order valence-corrected chi connectivity index (χ3v) is 5.48. The van der Waals surface area contributed by atoms with Crippen LogP contribution in [-0.2, 0) is 9.84 Å². The van der Waals surface area contributed by atoms with E-state index in [0.29, 0.717) is 33.3 Å². The van der Waals surface area contributed by atoms with Crippen LogP contribution in [0.1, 0.15) is 10.4 Å². The number of sulfone groups is 1. The number of amides is 1. The van der Waals surface area contributed by atoms with Crippen molar-refractivity contribution in [1.29, 1.82) is 0 Å². The van der Waals surface area contributed by atoms with Crippen molar-refractivity contribution in [3.05, 3.63) is 71.4 Å². The van der Waals surface area contributed by atoms with Crippen molar-refractivity contribution in [2.75, 3.05) is 18.7 Å². The summed E-state index contributed by atoms with van der Waals surface area (Å²) in [6.45, 7) is 0. The first-order valence-electron chi connectivity index (χ1n) is 8.19. The smallest absolute Gasteiger partial charge is 0.255 e. The summed E-state index contributed by atoms with van der Waals surface area (Å²) in [5.41, 5.74) is 2.27. The quantitative estimate of drug-likeness (QED) is 0.677. The van der Waals surface area contributed by atoms with Crippen molar-refractivity contribution in [2.24, 2.45) is 0 Å². The molecule has 1 amide bonds. The van der Waals surface area contributed by atoms with Crippen molar-refractivity contribution in [1.82, 2.24) is 4.98 Å². The van der Waals surface area contributed by atoms with Gasteiger partial charge in [0.25, 0.3) is 5.91 Å². The number of benzene rings is 2. The molecule has 1 N–H and O–H groups in total. The molecule has 0 fully saturated rings. The SMILES string of the molecule is COc1ccc(NC(=O)c2ccc(Cl)c(-c3ccc(S(C)(=O)=O)cc3)c2)cn1. The van der Waals surface area contributed by atoms with Crippen LogP contribution in [0.15, 0.2) is 65.7 Å². The van der Waals surface area contributed by atoms with Gasteiger partial charge in [-0.15, -0.1) is 0 Å². The Bertz CT molecular complexity index is 1110. The first-order valence-corrected chi connectivity index (χ1v) is 10.5. The minimum Gasteiger partial charge on any atom is -0.481 e. The summed E-state index contributed by atoms with van der Waals surface area (Å²) in [7, 11) is -1.77. The highest BCUT2D eigenvalue weighted by atomic mass is 35.5. The van der Waals surface area contributed by atoms with Crippen LogP contribution in [0.4, 0.5) is 5.69 Å². The number of hydrogen-bond donors (Lipinski definition) is 1. The van der Waals surface area contributed by atoms with Gasteiger partial charge in [-0.25, -0.2) is 13.4 Å². The molecule has 0 bridgehead atoms. The normalized spacial score (nSPS) is 11.1. The van der Waals surface area contributed by atoms with E-state index in [4.69, 9.17) is 16.3 Å².